The molecule has 3 rings (SSSR count). The van der Waals surface area contributed by atoms with Crippen molar-refractivity contribution in [3.05, 3.63) is 39.9 Å². The number of hydrogen-bond acceptors (Lipinski definition) is 4. The van der Waals surface area contributed by atoms with Crippen LogP contribution in [0.1, 0.15) is 44.1 Å². The zero-order chi connectivity index (χ0) is 17.6. The van der Waals surface area contributed by atoms with Crippen LogP contribution in [0, 0.1) is 10.1 Å². The zero-order valence-corrected chi connectivity index (χ0v) is 17.2. The van der Waals surface area contributed by atoms with Gasteiger partial charge in [0.05, 0.1) is 17.6 Å². The highest BCUT2D eigenvalue weighted by atomic mass is 127. The average molecular weight is 474 g/mol. The Morgan fingerprint density at radius 2 is 1.81 bits per heavy atom. The molecule has 1 saturated carbocycles. The molecule has 0 atom stereocenters. The molecule has 0 radical (unpaired) electrons. The molecule has 1 saturated heterocycles. The van der Waals surface area contributed by atoms with Crippen LogP contribution >= 0.6 is 24.0 Å². The number of nitrogens with zero attached hydrogens (tertiary/aromatic N) is 3. The van der Waals surface area contributed by atoms with E-state index in [0.717, 1.165) is 37.5 Å². The molecule has 2 N–H and O–H groups in total. The first-order chi connectivity index (χ1) is 12.1. The lowest BCUT2D eigenvalue weighted by Crippen LogP contribution is -2.49. The number of likely N-dealkylation sites (tertiary alicyclic amines) is 1. The summed E-state index contributed by atoms with van der Waals surface area (Å²) in [5.74, 6) is 0.900. The predicted molar refractivity (Wildman–Crippen MR) is 112 cm³/mol. The Labute approximate surface area is 171 Å². The van der Waals surface area contributed by atoms with Crippen LogP contribution < -0.4 is 5.32 Å². The minimum absolute atomic E-state index is 0. The largest absolute Gasteiger partial charge is 0.393 e. The lowest BCUT2D eigenvalue weighted by molar-refractivity contribution is -0.384. The second kappa shape index (κ2) is 10.1. The quantitative estimate of drug-likeness (QED) is 0.230. The van der Waals surface area contributed by atoms with Gasteiger partial charge in [0.2, 0.25) is 0 Å². The molecule has 26 heavy (non-hydrogen) atoms. The number of guanidine groups is 1. The van der Waals surface area contributed by atoms with E-state index < -0.39 is 0 Å². The summed E-state index contributed by atoms with van der Waals surface area (Å²) < 4.78 is 0. The fourth-order valence-electron chi connectivity index (χ4n) is 3.46. The Morgan fingerprint density at radius 1 is 1.19 bits per heavy atom. The molecule has 2 aliphatic rings. The van der Waals surface area contributed by atoms with E-state index in [-0.39, 0.29) is 40.7 Å². The van der Waals surface area contributed by atoms with Gasteiger partial charge in [-0.05, 0) is 31.2 Å². The van der Waals surface area contributed by atoms with E-state index in [4.69, 9.17) is 4.99 Å². The number of non-ortho nitro benzene ring substituents is 1. The van der Waals surface area contributed by atoms with Crippen molar-refractivity contribution in [1.29, 1.82) is 0 Å². The number of nitrogens with one attached hydrogen (secondary N) is 1. The van der Waals surface area contributed by atoms with E-state index in [1.54, 1.807) is 12.1 Å². The molecule has 1 aromatic rings. The number of rotatable bonds is 4. The number of aliphatic hydroxyl groups is 1. The first-order valence-electron chi connectivity index (χ1n) is 9.09. The summed E-state index contributed by atoms with van der Waals surface area (Å²) in [6.07, 6.45) is 6.18. The smallest absolute Gasteiger partial charge is 0.269 e. The summed E-state index contributed by atoms with van der Waals surface area (Å²) in [6.45, 7) is 2.10. The van der Waals surface area contributed by atoms with Gasteiger partial charge >= 0.3 is 0 Å². The minimum atomic E-state index is -0.390. The summed E-state index contributed by atoms with van der Waals surface area (Å²) in [6, 6.07) is 7.03. The fraction of sp³-hybridized carbons (Fsp3) is 0.611. The first kappa shape index (κ1) is 20.9. The van der Waals surface area contributed by atoms with Gasteiger partial charge in [0.25, 0.3) is 5.69 Å². The Hall–Kier alpha value is -1.42. The molecule has 8 heteroatoms. The van der Waals surface area contributed by atoms with Crippen molar-refractivity contribution < 1.29 is 10.0 Å². The van der Waals surface area contributed by atoms with Crippen molar-refractivity contribution >= 4 is 35.6 Å². The molecule has 7 nitrogen and oxygen atoms in total. The van der Waals surface area contributed by atoms with Crippen LogP contribution in [0.25, 0.3) is 0 Å². The summed E-state index contributed by atoms with van der Waals surface area (Å²) >= 11 is 0. The minimum Gasteiger partial charge on any atom is -0.393 e. The number of halogens is 1. The monoisotopic (exact) mass is 474 g/mol. The van der Waals surface area contributed by atoms with Crippen LogP contribution in [0.15, 0.2) is 29.3 Å². The summed E-state index contributed by atoms with van der Waals surface area (Å²) in [4.78, 5) is 17.3. The number of nitro benzene ring substituents is 1. The number of piperidine rings is 1. The average Bonchev–Trinajstić information content (AvgIpc) is 3.13. The van der Waals surface area contributed by atoms with Crippen molar-refractivity contribution in [3.8, 4) is 0 Å². The van der Waals surface area contributed by atoms with Gasteiger partial charge in [-0.2, -0.15) is 0 Å². The van der Waals surface area contributed by atoms with Crippen LogP contribution in [0.3, 0.4) is 0 Å². The van der Waals surface area contributed by atoms with E-state index in [1.807, 2.05) is 0 Å². The summed E-state index contributed by atoms with van der Waals surface area (Å²) in [5.41, 5.74) is 1.05. The Bertz CT molecular complexity index is 609. The Balaban J connectivity index is 0.00000243. The molecule has 0 spiro atoms. The number of hydrogen-bond donors (Lipinski definition) is 2. The van der Waals surface area contributed by atoms with Crippen molar-refractivity contribution in [2.45, 2.75) is 57.2 Å². The van der Waals surface area contributed by atoms with Gasteiger partial charge in [-0.15, -0.1) is 24.0 Å². The fourth-order valence-corrected chi connectivity index (χ4v) is 3.46. The second-order valence-electron chi connectivity index (χ2n) is 6.91. The maximum absolute atomic E-state index is 10.7. The SMILES string of the molecule is I.O=[N+]([O-])c1ccc(CN=C(NC2CCCC2)N2CCC(O)CC2)cc1. The molecule has 1 aromatic carbocycles. The van der Waals surface area contributed by atoms with Gasteiger partial charge in [-0.1, -0.05) is 25.0 Å². The van der Waals surface area contributed by atoms with Gasteiger partial charge in [0.1, 0.15) is 0 Å². The topological polar surface area (TPSA) is 91.0 Å². The highest BCUT2D eigenvalue weighted by Crippen LogP contribution is 2.19. The van der Waals surface area contributed by atoms with Gasteiger partial charge in [-0.3, -0.25) is 10.1 Å². The second-order valence-corrected chi connectivity index (χ2v) is 6.91. The molecule has 1 aliphatic heterocycles. The third-order valence-electron chi connectivity index (χ3n) is 5.01. The van der Waals surface area contributed by atoms with Crippen molar-refractivity contribution in [3.63, 3.8) is 0 Å². The van der Waals surface area contributed by atoms with Crippen molar-refractivity contribution in [2.24, 2.45) is 4.99 Å². The molecule has 0 bridgehead atoms. The van der Waals surface area contributed by atoms with E-state index in [9.17, 15) is 15.2 Å². The van der Waals surface area contributed by atoms with Crippen LogP contribution in [-0.4, -0.2) is 46.1 Å². The molecular formula is C18H27IN4O3. The van der Waals surface area contributed by atoms with E-state index in [1.165, 1.54) is 37.8 Å². The predicted octanol–water partition coefficient (Wildman–Crippen LogP) is 3.06. The lowest BCUT2D eigenvalue weighted by Gasteiger charge is -2.33. The van der Waals surface area contributed by atoms with Gasteiger partial charge in [0, 0.05) is 31.3 Å². The van der Waals surface area contributed by atoms with Crippen LogP contribution in [0.5, 0.6) is 0 Å². The maximum atomic E-state index is 10.7. The summed E-state index contributed by atoms with van der Waals surface area (Å²) in [5, 5.41) is 24.1. The number of aliphatic imine (C=N–C) groups is 1. The molecule has 0 aromatic heterocycles. The van der Waals surface area contributed by atoms with E-state index in [0.29, 0.717) is 12.6 Å². The van der Waals surface area contributed by atoms with Crippen molar-refractivity contribution in [1.82, 2.24) is 10.2 Å². The van der Waals surface area contributed by atoms with Gasteiger partial charge in [-0.25, -0.2) is 4.99 Å². The molecule has 144 valence electrons. The molecule has 0 unspecified atom stereocenters. The molecule has 2 fully saturated rings. The summed E-state index contributed by atoms with van der Waals surface area (Å²) in [7, 11) is 0. The Kier molecular flexibility index (Phi) is 8.08. The van der Waals surface area contributed by atoms with Gasteiger partial charge < -0.3 is 15.3 Å². The van der Waals surface area contributed by atoms with Gasteiger partial charge in [0.15, 0.2) is 5.96 Å². The van der Waals surface area contributed by atoms with E-state index in [2.05, 4.69) is 10.2 Å². The molecule has 1 aliphatic carbocycles. The third kappa shape index (κ3) is 5.80. The van der Waals surface area contributed by atoms with Crippen LogP contribution in [0.4, 0.5) is 5.69 Å². The number of aliphatic hydroxyl groups excluding tert-OH is 1. The number of nitro groups is 1. The lowest BCUT2D eigenvalue weighted by atomic mass is 10.1. The first-order valence-corrected chi connectivity index (χ1v) is 9.09. The standard InChI is InChI=1S/C18H26N4O3.HI/c23-17-9-11-21(12-10-17)18(20-15-3-1-2-4-15)19-13-14-5-7-16(8-6-14)22(24)25;/h5-8,15,17,23H,1-4,9-13H2,(H,19,20);1H. The molecular weight excluding hydrogens is 447 g/mol. The molecule has 1 heterocycles. The maximum Gasteiger partial charge on any atom is 0.269 e. The Morgan fingerprint density at radius 3 is 2.38 bits per heavy atom. The zero-order valence-electron chi connectivity index (χ0n) is 14.8. The van der Waals surface area contributed by atoms with Crippen LogP contribution in [-0.2, 0) is 6.54 Å². The highest BCUT2D eigenvalue weighted by Gasteiger charge is 2.23. The highest BCUT2D eigenvalue weighted by molar-refractivity contribution is 14.0. The van der Waals surface area contributed by atoms with Crippen molar-refractivity contribution in [2.75, 3.05) is 13.1 Å². The van der Waals surface area contributed by atoms with Crippen LogP contribution in [0.2, 0.25) is 0 Å². The number of benzene rings is 1. The molecule has 0 amide bonds. The van der Waals surface area contributed by atoms with E-state index >= 15 is 0 Å². The normalized spacial score (nSPS) is 19.3. The third-order valence-corrected chi connectivity index (χ3v) is 5.01.